The molecule has 106 valence electrons. The van der Waals surface area contributed by atoms with Crippen LogP contribution in [0.2, 0.25) is 0 Å². The van der Waals surface area contributed by atoms with Crippen LogP contribution in [0.15, 0.2) is 42.6 Å². The zero-order valence-electron chi connectivity index (χ0n) is 11.1. The molecule has 1 aromatic heterocycles. The molecule has 6 nitrogen and oxygen atoms in total. The molecule has 2 N–H and O–H groups in total. The summed E-state index contributed by atoms with van der Waals surface area (Å²) in [6.45, 7) is 0.577. The highest BCUT2D eigenvalue weighted by molar-refractivity contribution is 6.06. The number of carboxylic acids is 1. The summed E-state index contributed by atoms with van der Waals surface area (Å²) in [4.78, 5) is 28.8. The van der Waals surface area contributed by atoms with Gasteiger partial charge < -0.3 is 10.4 Å². The van der Waals surface area contributed by atoms with Gasteiger partial charge in [0.05, 0.1) is 5.69 Å². The molecule has 21 heavy (non-hydrogen) atoms. The maximum Gasteiger partial charge on any atom is 0.356 e. The van der Waals surface area contributed by atoms with Crippen molar-refractivity contribution in [3.63, 3.8) is 0 Å². The van der Waals surface area contributed by atoms with Crippen LogP contribution in [0.25, 0.3) is 0 Å². The van der Waals surface area contributed by atoms with Crippen molar-refractivity contribution in [2.75, 3.05) is 16.8 Å². The fourth-order valence-corrected chi connectivity index (χ4v) is 2.41. The summed E-state index contributed by atoms with van der Waals surface area (Å²) in [6, 6.07) is 10.4. The Labute approximate surface area is 121 Å². The van der Waals surface area contributed by atoms with Crippen molar-refractivity contribution in [3.05, 3.63) is 53.9 Å². The average molecular weight is 283 g/mol. The molecule has 1 aromatic carbocycles. The van der Waals surface area contributed by atoms with Crippen molar-refractivity contribution in [3.8, 4) is 0 Å². The van der Waals surface area contributed by atoms with Gasteiger partial charge >= 0.3 is 12.0 Å². The molecule has 0 atom stereocenters. The first-order valence-electron chi connectivity index (χ1n) is 6.51. The van der Waals surface area contributed by atoms with Crippen LogP contribution in [0, 0.1) is 0 Å². The highest BCUT2D eigenvalue weighted by Gasteiger charge is 2.25. The van der Waals surface area contributed by atoms with Crippen LogP contribution in [0.1, 0.15) is 16.1 Å². The Kier molecular flexibility index (Phi) is 3.27. The molecule has 0 radical (unpaired) electrons. The van der Waals surface area contributed by atoms with Gasteiger partial charge in [0, 0.05) is 18.4 Å². The minimum atomic E-state index is -1.17. The van der Waals surface area contributed by atoms with Crippen LogP contribution in [-0.4, -0.2) is 28.6 Å². The van der Waals surface area contributed by atoms with Gasteiger partial charge in [-0.25, -0.2) is 14.6 Å². The fraction of sp³-hybridized carbons (Fsp3) is 0.133. The molecule has 0 aliphatic carbocycles. The molecule has 1 aliphatic rings. The summed E-state index contributed by atoms with van der Waals surface area (Å²) in [5, 5.41) is 11.7. The number of benzene rings is 1. The van der Waals surface area contributed by atoms with Crippen LogP contribution in [0.4, 0.5) is 16.2 Å². The summed E-state index contributed by atoms with van der Waals surface area (Å²) in [5.74, 6) is -1.17. The minimum absolute atomic E-state index is 0.168. The standard InChI is InChI=1S/C15H13N3O3/c19-14(20)13-11(5-3-8-16-13)17-15(21)18-9-7-10-4-1-2-6-12(10)18/h1-6,8H,7,9H2,(H,17,21)(H,19,20). The number of aromatic nitrogens is 1. The number of fused-ring (bicyclic) bond motifs is 1. The summed E-state index contributed by atoms with van der Waals surface area (Å²) in [5.41, 5.74) is 1.99. The molecule has 0 fully saturated rings. The number of anilines is 2. The SMILES string of the molecule is O=C(O)c1ncccc1NC(=O)N1CCc2ccccc21. The van der Waals surface area contributed by atoms with E-state index in [9.17, 15) is 9.59 Å². The van der Waals surface area contributed by atoms with E-state index in [0.717, 1.165) is 17.7 Å². The zero-order valence-corrected chi connectivity index (χ0v) is 11.1. The smallest absolute Gasteiger partial charge is 0.356 e. The molecule has 1 aliphatic heterocycles. The third-order valence-corrected chi connectivity index (χ3v) is 3.38. The summed E-state index contributed by atoms with van der Waals surface area (Å²) in [6.07, 6.45) is 2.17. The van der Waals surface area contributed by atoms with E-state index >= 15 is 0 Å². The van der Waals surface area contributed by atoms with E-state index in [2.05, 4.69) is 10.3 Å². The second-order valence-electron chi connectivity index (χ2n) is 4.67. The van der Waals surface area contributed by atoms with Gasteiger partial charge in [0.15, 0.2) is 5.69 Å². The number of carbonyl (C=O) groups is 2. The molecule has 0 saturated heterocycles. The van der Waals surface area contributed by atoms with Crippen molar-refractivity contribution < 1.29 is 14.7 Å². The van der Waals surface area contributed by atoms with Crippen LogP contribution in [-0.2, 0) is 6.42 Å². The van der Waals surface area contributed by atoms with Crippen molar-refractivity contribution >= 4 is 23.4 Å². The Morgan fingerprint density at radius 3 is 2.81 bits per heavy atom. The second kappa shape index (κ2) is 5.24. The largest absolute Gasteiger partial charge is 0.476 e. The van der Waals surface area contributed by atoms with Crippen molar-refractivity contribution in [2.45, 2.75) is 6.42 Å². The van der Waals surface area contributed by atoms with Gasteiger partial charge in [-0.15, -0.1) is 0 Å². The van der Waals surface area contributed by atoms with E-state index in [4.69, 9.17) is 5.11 Å². The predicted octanol–water partition coefficient (Wildman–Crippen LogP) is 2.37. The maximum atomic E-state index is 12.3. The lowest BCUT2D eigenvalue weighted by atomic mass is 10.2. The first-order valence-corrected chi connectivity index (χ1v) is 6.51. The van der Waals surface area contributed by atoms with Gasteiger partial charge in [-0.3, -0.25) is 4.90 Å². The summed E-state index contributed by atoms with van der Waals surface area (Å²) in [7, 11) is 0. The molecule has 0 spiro atoms. The van der Waals surface area contributed by atoms with E-state index < -0.39 is 5.97 Å². The van der Waals surface area contributed by atoms with Crippen LogP contribution in [0.3, 0.4) is 0 Å². The zero-order chi connectivity index (χ0) is 14.8. The van der Waals surface area contributed by atoms with Crippen molar-refractivity contribution in [2.24, 2.45) is 0 Å². The number of rotatable bonds is 2. The number of amides is 2. The van der Waals surface area contributed by atoms with E-state index in [1.807, 2.05) is 24.3 Å². The molecule has 0 bridgehead atoms. The number of pyridine rings is 1. The van der Waals surface area contributed by atoms with Gasteiger partial charge in [-0.2, -0.15) is 0 Å². The highest BCUT2D eigenvalue weighted by atomic mass is 16.4. The van der Waals surface area contributed by atoms with Crippen molar-refractivity contribution in [1.29, 1.82) is 0 Å². The monoisotopic (exact) mass is 283 g/mol. The normalized spacial score (nSPS) is 12.9. The summed E-state index contributed by atoms with van der Waals surface area (Å²) >= 11 is 0. The number of nitrogens with zero attached hydrogens (tertiary/aromatic N) is 2. The van der Waals surface area contributed by atoms with Crippen LogP contribution >= 0.6 is 0 Å². The lowest BCUT2D eigenvalue weighted by molar-refractivity contribution is 0.0692. The minimum Gasteiger partial charge on any atom is -0.476 e. The molecule has 2 amide bonds. The molecular weight excluding hydrogens is 270 g/mol. The Balaban J connectivity index is 1.84. The number of nitrogens with one attached hydrogen (secondary N) is 1. The number of hydrogen-bond acceptors (Lipinski definition) is 3. The van der Waals surface area contributed by atoms with Crippen molar-refractivity contribution in [1.82, 2.24) is 4.98 Å². The van der Waals surface area contributed by atoms with Gasteiger partial charge in [0.25, 0.3) is 0 Å². The molecule has 2 aromatic rings. The Morgan fingerprint density at radius 1 is 1.19 bits per heavy atom. The molecule has 0 unspecified atom stereocenters. The molecule has 3 rings (SSSR count). The Hall–Kier alpha value is -2.89. The van der Waals surface area contributed by atoms with Gasteiger partial charge in [0.2, 0.25) is 0 Å². The highest BCUT2D eigenvalue weighted by Crippen LogP contribution is 2.28. The van der Waals surface area contributed by atoms with Crippen LogP contribution < -0.4 is 10.2 Å². The predicted molar refractivity (Wildman–Crippen MR) is 77.7 cm³/mol. The number of para-hydroxylation sites is 1. The fourth-order valence-electron chi connectivity index (χ4n) is 2.41. The topological polar surface area (TPSA) is 82.5 Å². The second-order valence-corrected chi connectivity index (χ2v) is 4.67. The van der Waals surface area contributed by atoms with E-state index in [1.165, 1.54) is 12.3 Å². The van der Waals surface area contributed by atoms with Gasteiger partial charge in [-0.05, 0) is 30.2 Å². The number of carboxylic acid groups (broad SMARTS) is 1. The number of carbonyl (C=O) groups excluding carboxylic acids is 1. The maximum absolute atomic E-state index is 12.3. The third kappa shape index (κ3) is 2.43. The first-order chi connectivity index (χ1) is 10.2. The lowest BCUT2D eigenvalue weighted by Gasteiger charge is -2.18. The van der Waals surface area contributed by atoms with E-state index in [1.54, 1.807) is 11.0 Å². The van der Waals surface area contributed by atoms with E-state index in [-0.39, 0.29) is 17.4 Å². The number of aromatic carboxylic acids is 1. The molecule has 2 heterocycles. The number of hydrogen-bond donors (Lipinski definition) is 2. The van der Waals surface area contributed by atoms with Gasteiger partial charge in [-0.1, -0.05) is 18.2 Å². The Bertz CT molecular complexity index is 715. The van der Waals surface area contributed by atoms with Gasteiger partial charge in [0.1, 0.15) is 0 Å². The molecule has 0 saturated carbocycles. The lowest BCUT2D eigenvalue weighted by Crippen LogP contribution is -2.33. The molecule has 6 heteroatoms. The first kappa shape index (κ1) is 13.1. The third-order valence-electron chi connectivity index (χ3n) is 3.38. The van der Waals surface area contributed by atoms with E-state index in [0.29, 0.717) is 6.54 Å². The Morgan fingerprint density at radius 2 is 2.00 bits per heavy atom. The quantitative estimate of drug-likeness (QED) is 0.886. The molecular formula is C15H13N3O3. The number of urea groups is 1. The van der Waals surface area contributed by atoms with Crippen LogP contribution in [0.5, 0.6) is 0 Å². The average Bonchev–Trinajstić information content (AvgIpc) is 2.91. The summed E-state index contributed by atoms with van der Waals surface area (Å²) < 4.78 is 0.